The smallest absolute Gasteiger partial charge is 0.212 e. The first-order valence-electron chi connectivity index (χ1n) is 12.1. The molecule has 3 nitrogen and oxygen atoms in total. The van der Waals surface area contributed by atoms with Crippen molar-refractivity contribution in [2.45, 2.75) is 123 Å². The lowest BCUT2D eigenvalue weighted by molar-refractivity contribution is 0.382. The predicted octanol–water partition coefficient (Wildman–Crippen LogP) is 7.53. The molecule has 0 bridgehead atoms. The first-order valence-corrected chi connectivity index (χ1v) is 14.3. The Kier molecular flexibility index (Phi) is 20.6. The van der Waals surface area contributed by atoms with Gasteiger partial charge in [-0.05, 0) is 25.7 Å². The van der Waals surface area contributed by atoms with E-state index in [2.05, 4.69) is 13.8 Å². The van der Waals surface area contributed by atoms with Gasteiger partial charge >= 0.3 is 0 Å². The van der Waals surface area contributed by atoms with Crippen LogP contribution in [0.15, 0.2) is 0 Å². The average molecular weight is 438 g/mol. The molecule has 0 aromatic carbocycles. The van der Waals surface area contributed by atoms with Crippen molar-refractivity contribution in [2.24, 2.45) is 0 Å². The minimum absolute atomic E-state index is 0.319. The van der Waals surface area contributed by atoms with Crippen molar-refractivity contribution in [1.82, 2.24) is 4.31 Å². The van der Waals surface area contributed by atoms with Crippen molar-refractivity contribution in [3.63, 3.8) is 0 Å². The molecular weight excluding hydrogens is 390 g/mol. The molecule has 0 saturated heterocycles. The summed E-state index contributed by atoms with van der Waals surface area (Å²) in [5.41, 5.74) is 0. The fourth-order valence-electron chi connectivity index (χ4n) is 3.57. The second kappa shape index (κ2) is 20.5. The van der Waals surface area contributed by atoms with Gasteiger partial charge in [0.1, 0.15) is 0 Å². The zero-order valence-electron chi connectivity index (χ0n) is 18.9. The Morgan fingerprint density at radius 3 is 1.43 bits per heavy atom. The van der Waals surface area contributed by atoms with Crippen LogP contribution in [0.2, 0.25) is 0 Å². The molecule has 5 heteroatoms. The van der Waals surface area contributed by atoms with E-state index in [9.17, 15) is 8.42 Å². The lowest BCUT2D eigenvalue weighted by Crippen LogP contribution is -2.35. The summed E-state index contributed by atoms with van der Waals surface area (Å²) in [5.74, 6) is 1.03. The molecule has 0 aliphatic heterocycles. The summed E-state index contributed by atoms with van der Waals surface area (Å²) in [6.07, 6.45) is 19.5. The molecule has 0 aromatic heterocycles. The van der Waals surface area contributed by atoms with Gasteiger partial charge in [0.15, 0.2) is 0 Å². The van der Waals surface area contributed by atoms with Gasteiger partial charge in [0.05, 0.1) is 5.75 Å². The number of hydrogen-bond acceptors (Lipinski definition) is 2. The summed E-state index contributed by atoms with van der Waals surface area (Å²) >= 11 is 5.70. The third-order valence-electron chi connectivity index (χ3n) is 5.45. The van der Waals surface area contributed by atoms with Crippen LogP contribution in [0.3, 0.4) is 0 Å². The number of sulfonamides is 1. The van der Waals surface area contributed by atoms with Crippen LogP contribution in [0.25, 0.3) is 0 Å². The Bertz CT molecular complexity index is 399. The molecule has 0 aromatic rings. The molecule has 0 fully saturated rings. The Hall–Kier alpha value is 0.200. The van der Waals surface area contributed by atoms with Crippen molar-refractivity contribution in [3.05, 3.63) is 0 Å². The van der Waals surface area contributed by atoms with Gasteiger partial charge < -0.3 is 0 Å². The van der Waals surface area contributed by atoms with Gasteiger partial charge in [0, 0.05) is 19.0 Å². The standard InChI is InChI=1S/C23H48ClNO2S/c1-3-5-7-9-13-17-21-25(22-18-14-10-8-6-4-2)28(26,27)23-19-15-11-12-16-20-24/h3-23H2,1-2H3. The average Bonchev–Trinajstić information content (AvgIpc) is 2.68. The fourth-order valence-corrected chi connectivity index (χ4v) is 5.40. The van der Waals surface area contributed by atoms with Crippen LogP contribution < -0.4 is 0 Å². The van der Waals surface area contributed by atoms with E-state index >= 15 is 0 Å². The van der Waals surface area contributed by atoms with E-state index in [1.807, 2.05) is 4.31 Å². The number of alkyl halides is 1. The van der Waals surface area contributed by atoms with E-state index in [1.165, 1.54) is 51.4 Å². The molecule has 0 radical (unpaired) electrons. The summed E-state index contributed by atoms with van der Waals surface area (Å²) in [5, 5.41) is 0. The van der Waals surface area contributed by atoms with Crippen LogP contribution in [-0.2, 0) is 10.0 Å². The van der Waals surface area contributed by atoms with Crippen molar-refractivity contribution in [3.8, 4) is 0 Å². The van der Waals surface area contributed by atoms with Gasteiger partial charge in [0.25, 0.3) is 0 Å². The molecule has 0 N–H and O–H groups in total. The van der Waals surface area contributed by atoms with Gasteiger partial charge in [-0.3, -0.25) is 0 Å². The number of unbranched alkanes of at least 4 members (excludes halogenated alkanes) is 14. The first-order chi connectivity index (χ1) is 13.6. The van der Waals surface area contributed by atoms with Gasteiger partial charge in [0.2, 0.25) is 10.0 Å². The maximum absolute atomic E-state index is 12.9. The van der Waals surface area contributed by atoms with Crippen LogP contribution in [0, 0.1) is 0 Å². The summed E-state index contributed by atoms with van der Waals surface area (Å²) in [6, 6.07) is 0. The van der Waals surface area contributed by atoms with E-state index in [0.29, 0.717) is 11.6 Å². The van der Waals surface area contributed by atoms with Crippen LogP contribution >= 0.6 is 11.6 Å². The molecule has 28 heavy (non-hydrogen) atoms. The third kappa shape index (κ3) is 17.1. The second-order valence-corrected chi connectivity index (χ2v) is 10.7. The monoisotopic (exact) mass is 437 g/mol. The highest BCUT2D eigenvalue weighted by Gasteiger charge is 2.20. The Morgan fingerprint density at radius 1 is 0.571 bits per heavy atom. The van der Waals surface area contributed by atoms with Gasteiger partial charge in [-0.1, -0.05) is 97.3 Å². The van der Waals surface area contributed by atoms with Gasteiger partial charge in [-0.15, -0.1) is 11.6 Å². The number of hydrogen-bond donors (Lipinski definition) is 0. The molecule has 0 unspecified atom stereocenters. The second-order valence-electron chi connectivity index (χ2n) is 8.21. The minimum atomic E-state index is -3.10. The summed E-state index contributed by atoms with van der Waals surface area (Å²) in [4.78, 5) is 0. The van der Waals surface area contributed by atoms with Crippen LogP contribution in [0.5, 0.6) is 0 Å². The molecule has 0 aliphatic rings. The fraction of sp³-hybridized carbons (Fsp3) is 1.00. The highest BCUT2D eigenvalue weighted by Crippen LogP contribution is 2.14. The Balaban J connectivity index is 4.28. The van der Waals surface area contributed by atoms with Crippen molar-refractivity contribution >= 4 is 21.6 Å². The van der Waals surface area contributed by atoms with E-state index < -0.39 is 10.0 Å². The van der Waals surface area contributed by atoms with E-state index in [4.69, 9.17) is 11.6 Å². The maximum Gasteiger partial charge on any atom is 0.214 e. The molecule has 0 aliphatic carbocycles. The highest BCUT2D eigenvalue weighted by atomic mass is 35.5. The van der Waals surface area contributed by atoms with Crippen molar-refractivity contribution in [2.75, 3.05) is 24.7 Å². The lowest BCUT2D eigenvalue weighted by atomic mass is 10.1. The van der Waals surface area contributed by atoms with Crippen LogP contribution in [0.1, 0.15) is 123 Å². The summed E-state index contributed by atoms with van der Waals surface area (Å²) in [6.45, 7) is 5.89. The SMILES string of the molecule is CCCCCCCCN(CCCCCCCC)S(=O)(=O)CCCCCCCCl. The minimum Gasteiger partial charge on any atom is -0.212 e. The molecule has 0 rings (SSSR count). The van der Waals surface area contributed by atoms with E-state index in [1.54, 1.807) is 0 Å². The largest absolute Gasteiger partial charge is 0.214 e. The van der Waals surface area contributed by atoms with Gasteiger partial charge in [-0.2, -0.15) is 0 Å². The molecule has 0 amide bonds. The molecular formula is C23H48ClNO2S. The van der Waals surface area contributed by atoms with Crippen molar-refractivity contribution in [1.29, 1.82) is 0 Å². The zero-order chi connectivity index (χ0) is 20.9. The van der Waals surface area contributed by atoms with E-state index in [0.717, 1.165) is 70.9 Å². The number of halogens is 1. The molecule has 0 heterocycles. The predicted molar refractivity (Wildman–Crippen MR) is 126 cm³/mol. The zero-order valence-corrected chi connectivity index (χ0v) is 20.5. The lowest BCUT2D eigenvalue weighted by Gasteiger charge is -2.22. The van der Waals surface area contributed by atoms with Crippen LogP contribution in [-0.4, -0.2) is 37.4 Å². The van der Waals surface area contributed by atoms with Crippen molar-refractivity contribution < 1.29 is 8.42 Å². The molecule has 170 valence electrons. The quantitative estimate of drug-likeness (QED) is 0.129. The third-order valence-corrected chi connectivity index (χ3v) is 7.68. The van der Waals surface area contributed by atoms with E-state index in [-0.39, 0.29) is 0 Å². The maximum atomic E-state index is 12.9. The molecule has 0 spiro atoms. The highest BCUT2D eigenvalue weighted by molar-refractivity contribution is 7.89. The van der Waals surface area contributed by atoms with Crippen LogP contribution in [0.4, 0.5) is 0 Å². The normalized spacial score (nSPS) is 12.1. The number of nitrogens with zero attached hydrogens (tertiary/aromatic N) is 1. The molecule has 0 saturated carbocycles. The summed E-state index contributed by atoms with van der Waals surface area (Å²) < 4.78 is 27.5. The number of rotatable bonds is 22. The summed E-state index contributed by atoms with van der Waals surface area (Å²) in [7, 11) is -3.10. The van der Waals surface area contributed by atoms with Gasteiger partial charge in [-0.25, -0.2) is 12.7 Å². The Labute approximate surface area is 182 Å². The first kappa shape index (κ1) is 28.2. The molecule has 0 atom stereocenters. The topological polar surface area (TPSA) is 37.4 Å². The Morgan fingerprint density at radius 2 is 0.964 bits per heavy atom.